The molecule has 0 bridgehead atoms. The van der Waals surface area contributed by atoms with E-state index in [2.05, 4.69) is 32.2 Å². The van der Waals surface area contributed by atoms with E-state index in [-0.39, 0.29) is 6.10 Å². The molecule has 3 atom stereocenters. The van der Waals surface area contributed by atoms with E-state index in [9.17, 15) is 0 Å². The van der Waals surface area contributed by atoms with E-state index in [1.807, 2.05) is 25.2 Å². The van der Waals surface area contributed by atoms with Crippen LogP contribution in [0.15, 0.2) is 24.3 Å². The second-order valence-electron chi connectivity index (χ2n) is 7.24. The number of hydrogen-bond donors (Lipinski definition) is 1. The standard InChI is InChI=1S/C18H28ClNO/c1-13-9-14(11-18(2,3)10-13)21-17(12-20-4)15-7-5-6-8-16(15)19/h5-8,13-14,17,20H,9-12H2,1-4H3. The molecular weight excluding hydrogens is 282 g/mol. The van der Waals surface area contributed by atoms with Crippen molar-refractivity contribution in [3.05, 3.63) is 34.9 Å². The Balaban J connectivity index is 2.11. The lowest BCUT2D eigenvalue weighted by Crippen LogP contribution is -2.35. The third kappa shape index (κ3) is 4.70. The molecule has 0 heterocycles. The van der Waals surface area contributed by atoms with Gasteiger partial charge in [0.05, 0.1) is 12.2 Å². The lowest BCUT2D eigenvalue weighted by Gasteiger charge is -2.40. The van der Waals surface area contributed by atoms with Crippen LogP contribution in [-0.2, 0) is 4.74 Å². The van der Waals surface area contributed by atoms with Crippen molar-refractivity contribution in [2.45, 2.75) is 52.2 Å². The van der Waals surface area contributed by atoms with Crippen molar-refractivity contribution < 1.29 is 4.74 Å². The van der Waals surface area contributed by atoms with Gasteiger partial charge in [0.2, 0.25) is 0 Å². The Bertz CT molecular complexity index is 460. The summed E-state index contributed by atoms with van der Waals surface area (Å²) in [5.41, 5.74) is 1.46. The molecule has 3 heteroatoms. The Hall–Kier alpha value is -0.570. The summed E-state index contributed by atoms with van der Waals surface area (Å²) >= 11 is 6.35. The average molecular weight is 310 g/mol. The number of benzene rings is 1. The monoisotopic (exact) mass is 309 g/mol. The molecule has 0 radical (unpaired) electrons. The zero-order valence-corrected chi connectivity index (χ0v) is 14.4. The van der Waals surface area contributed by atoms with Gasteiger partial charge in [-0.25, -0.2) is 0 Å². The van der Waals surface area contributed by atoms with Gasteiger partial charge in [-0.3, -0.25) is 0 Å². The van der Waals surface area contributed by atoms with Crippen molar-refractivity contribution in [3.63, 3.8) is 0 Å². The van der Waals surface area contributed by atoms with Gasteiger partial charge < -0.3 is 10.1 Å². The molecule has 1 N–H and O–H groups in total. The lowest BCUT2D eigenvalue weighted by molar-refractivity contribution is -0.0656. The van der Waals surface area contributed by atoms with Gasteiger partial charge in [-0.15, -0.1) is 0 Å². The first-order chi connectivity index (χ1) is 9.91. The average Bonchev–Trinajstić information content (AvgIpc) is 2.36. The van der Waals surface area contributed by atoms with Crippen molar-refractivity contribution in [1.29, 1.82) is 0 Å². The minimum Gasteiger partial charge on any atom is -0.369 e. The quantitative estimate of drug-likeness (QED) is 0.841. The van der Waals surface area contributed by atoms with Gasteiger partial charge in [0.1, 0.15) is 0 Å². The summed E-state index contributed by atoms with van der Waals surface area (Å²) in [6, 6.07) is 8.01. The topological polar surface area (TPSA) is 21.3 Å². The van der Waals surface area contributed by atoms with Crippen molar-refractivity contribution in [3.8, 4) is 0 Å². The maximum atomic E-state index is 6.46. The first-order valence-electron chi connectivity index (χ1n) is 7.96. The molecular formula is C18H28ClNO. The molecule has 1 aromatic rings. The van der Waals surface area contributed by atoms with E-state index in [4.69, 9.17) is 16.3 Å². The third-order valence-corrected chi connectivity index (χ3v) is 4.69. The van der Waals surface area contributed by atoms with Crippen LogP contribution in [0.2, 0.25) is 5.02 Å². The summed E-state index contributed by atoms with van der Waals surface area (Å²) in [6.07, 6.45) is 3.90. The summed E-state index contributed by atoms with van der Waals surface area (Å²) in [6.45, 7) is 7.82. The number of ether oxygens (including phenoxy) is 1. The second-order valence-corrected chi connectivity index (χ2v) is 7.65. The van der Waals surface area contributed by atoms with Crippen LogP contribution in [0.1, 0.15) is 51.7 Å². The Morgan fingerprint density at radius 3 is 2.67 bits per heavy atom. The molecule has 0 spiro atoms. The largest absolute Gasteiger partial charge is 0.369 e. The maximum Gasteiger partial charge on any atom is 0.0967 e. The molecule has 2 rings (SSSR count). The second kappa shape index (κ2) is 7.13. The SMILES string of the molecule is CNCC(OC1CC(C)CC(C)(C)C1)c1ccccc1Cl. The Labute approximate surface area is 134 Å². The van der Waals surface area contributed by atoms with Crippen LogP contribution < -0.4 is 5.32 Å². The Kier molecular flexibility index (Phi) is 5.70. The maximum absolute atomic E-state index is 6.46. The van der Waals surface area contributed by atoms with Crippen LogP contribution in [0.25, 0.3) is 0 Å². The fraction of sp³-hybridized carbons (Fsp3) is 0.667. The predicted molar refractivity (Wildman–Crippen MR) is 89.8 cm³/mol. The lowest BCUT2D eigenvalue weighted by atomic mass is 9.71. The number of rotatable bonds is 5. The minimum atomic E-state index is 0.0230. The third-order valence-electron chi connectivity index (χ3n) is 4.34. The molecule has 0 amide bonds. The smallest absolute Gasteiger partial charge is 0.0967 e. The van der Waals surface area contributed by atoms with Crippen LogP contribution in [0.5, 0.6) is 0 Å². The molecule has 2 nitrogen and oxygen atoms in total. The van der Waals surface area contributed by atoms with Gasteiger partial charge in [-0.2, -0.15) is 0 Å². The highest BCUT2D eigenvalue weighted by Crippen LogP contribution is 2.41. The van der Waals surface area contributed by atoms with Gasteiger partial charge in [0, 0.05) is 17.1 Å². The van der Waals surface area contributed by atoms with Crippen LogP contribution >= 0.6 is 11.6 Å². The summed E-state index contributed by atoms with van der Waals surface area (Å²) in [7, 11) is 1.96. The molecule has 21 heavy (non-hydrogen) atoms. The van der Waals surface area contributed by atoms with Crippen molar-refractivity contribution in [1.82, 2.24) is 5.32 Å². The van der Waals surface area contributed by atoms with Crippen molar-refractivity contribution >= 4 is 11.6 Å². The molecule has 0 aromatic heterocycles. The number of likely N-dealkylation sites (N-methyl/N-ethyl adjacent to an activating group) is 1. The molecule has 1 saturated carbocycles. The van der Waals surface area contributed by atoms with Crippen LogP contribution in [0, 0.1) is 11.3 Å². The molecule has 1 aromatic carbocycles. The molecule has 0 saturated heterocycles. The van der Waals surface area contributed by atoms with E-state index < -0.39 is 0 Å². The number of halogens is 1. The molecule has 118 valence electrons. The predicted octanol–water partition coefficient (Wildman–Crippen LogP) is 4.83. The highest BCUT2D eigenvalue weighted by atomic mass is 35.5. The highest BCUT2D eigenvalue weighted by Gasteiger charge is 2.34. The molecule has 1 aliphatic rings. The van der Waals surface area contributed by atoms with Gasteiger partial charge in [0.15, 0.2) is 0 Å². The van der Waals surface area contributed by atoms with Crippen LogP contribution in [-0.4, -0.2) is 19.7 Å². The van der Waals surface area contributed by atoms with Crippen LogP contribution in [0.3, 0.4) is 0 Å². The Morgan fingerprint density at radius 2 is 2.05 bits per heavy atom. The highest BCUT2D eigenvalue weighted by molar-refractivity contribution is 6.31. The fourth-order valence-electron chi connectivity index (χ4n) is 3.75. The zero-order valence-electron chi connectivity index (χ0n) is 13.7. The minimum absolute atomic E-state index is 0.0230. The van der Waals surface area contributed by atoms with E-state index in [0.29, 0.717) is 11.5 Å². The van der Waals surface area contributed by atoms with E-state index >= 15 is 0 Å². The van der Waals surface area contributed by atoms with Gasteiger partial charge in [-0.05, 0) is 43.7 Å². The first kappa shape index (κ1) is 16.8. The van der Waals surface area contributed by atoms with Crippen LogP contribution in [0.4, 0.5) is 0 Å². The van der Waals surface area contributed by atoms with Crippen molar-refractivity contribution in [2.24, 2.45) is 11.3 Å². The molecule has 1 fully saturated rings. The van der Waals surface area contributed by atoms with E-state index in [1.165, 1.54) is 6.42 Å². The summed E-state index contributed by atoms with van der Waals surface area (Å²) in [5.74, 6) is 0.722. The summed E-state index contributed by atoms with van der Waals surface area (Å²) < 4.78 is 6.46. The van der Waals surface area contributed by atoms with E-state index in [0.717, 1.165) is 35.9 Å². The van der Waals surface area contributed by atoms with E-state index in [1.54, 1.807) is 0 Å². The normalized spacial score (nSPS) is 26.5. The fourth-order valence-corrected chi connectivity index (χ4v) is 4.00. The number of nitrogens with one attached hydrogen (secondary N) is 1. The molecule has 3 unspecified atom stereocenters. The zero-order chi connectivity index (χ0) is 15.5. The number of hydrogen-bond acceptors (Lipinski definition) is 2. The van der Waals surface area contributed by atoms with Gasteiger partial charge >= 0.3 is 0 Å². The van der Waals surface area contributed by atoms with Gasteiger partial charge in [0.25, 0.3) is 0 Å². The van der Waals surface area contributed by atoms with Crippen molar-refractivity contribution in [2.75, 3.05) is 13.6 Å². The molecule has 1 aliphatic carbocycles. The summed E-state index contributed by atoms with van der Waals surface area (Å²) in [4.78, 5) is 0. The first-order valence-corrected chi connectivity index (χ1v) is 8.33. The Morgan fingerprint density at radius 1 is 1.33 bits per heavy atom. The molecule has 0 aliphatic heterocycles. The van der Waals surface area contributed by atoms with Gasteiger partial charge in [-0.1, -0.05) is 50.6 Å². The summed E-state index contributed by atoms with van der Waals surface area (Å²) in [5, 5.41) is 4.02.